The molecule has 0 bridgehead atoms. The topological polar surface area (TPSA) is 67.9 Å². The van der Waals surface area contributed by atoms with E-state index >= 15 is 0 Å². The molecule has 2 amide bonds. The van der Waals surface area contributed by atoms with Gasteiger partial charge in [0.05, 0.1) is 6.54 Å². The van der Waals surface area contributed by atoms with Crippen molar-refractivity contribution in [2.45, 2.75) is 58.2 Å². The Balaban J connectivity index is 1.75. The number of carbonyl (C=O) groups excluding carboxylic acids is 2. The van der Waals surface area contributed by atoms with Crippen molar-refractivity contribution < 1.29 is 19.1 Å². The van der Waals surface area contributed by atoms with E-state index in [1.54, 1.807) is 4.90 Å². The van der Waals surface area contributed by atoms with Crippen LogP contribution in [-0.2, 0) is 9.47 Å². The predicted octanol–water partition coefficient (Wildman–Crippen LogP) is 2.52. The molecule has 0 aliphatic carbocycles. The largest absolute Gasteiger partial charge is 0.444 e. The molecular formula is C15H26N2O4. The molecule has 2 rings (SSSR count). The number of carbonyl (C=O) groups is 2. The Bertz CT molecular complexity index is 392. The summed E-state index contributed by atoms with van der Waals surface area (Å²) in [6.07, 6.45) is 3.39. The Morgan fingerprint density at radius 3 is 2.81 bits per heavy atom. The van der Waals surface area contributed by atoms with Crippen LogP contribution in [0.5, 0.6) is 0 Å². The van der Waals surface area contributed by atoms with Crippen LogP contribution in [0, 0.1) is 5.92 Å². The zero-order valence-electron chi connectivity index (χ0n) is 13.2. The SMILES string of the molecule is CC(C)(C)OC(=O)N1CCCC(CCC2CNC(=O)O2)C1. The number of likely N-dealkylation sites (tertiary alicyclic amines) is 1. The molecule has 2 aliphatic rings. The zero-order valence-corrected chi connectivity index (χ0v) is 13.2. The van der Waals surface area contributed by atoms with Crippen LogP contribution in [0.3, 0.4) is 0 Å². The smallest absolute Gasteiger partial charge is 0.410 e. The second-order valence-electron chi connectivity index (χ2n) is 6.92. The fraction of sp³-hybridized carbons (Fsp3) is 0.867. The number of nitrogens with zero attached hydrogens (tertiary/aromatic N) is 1. The maximum atomic E-state index is 12.1. The van der Waals surface area contributed by atoms with E-state index in [1.807, 2.05) is 20.8 Å². The highest BCUT2D eigenvalue weighted by molar-refractivity contribution is 5.69. The van der Waals surface area contributed by atoms with E-state index in [1.165, 1.54) is 0 Å². The van der Waals surface area contributed by atoms with Gasteiger partial charge in [-0.25, -0.2) is 9.59 Å². The van der Waals surface area contributed by atoms with Crippen molar-refractivity contribution in [1.29, 1.82) is 0 Å². The number of hydrogen-bond donors (Lipinski definition) is 1. The van der Waals surface area contributed by atoms with E-state index in [4.69, 9.17) is 9.47 Å². The molecule has 21 heavy (non-hydrogen) atoms. The third-order valence-corrected chi connectivity index (χ3v) is 3.82. The molecule has 2 saturated heterocycles. The van der Waals surface area contributed by atoms with Gasteiger partial charge >= 0.3 is 12.2 Å². The summed E-state index contributed by atoms with van der Waals surface area (Å²) in [5.41, 5.74) is -0.451. The fourth-order valence-corrected chi connectivity index (χ4v) is 2.81. The van der Waals surface area contributed by atoms with Crippen molar-refractivity contribution in [3.8, 4) is 0 Å². The Labute approximate surface area is 126 Å². The number of piperidine rings is 1. The minimum atomic E-state index is -0.451. The Kier molecular flexibility index (Phi) is 4.96. The lowest BCUT2D eigenvalue weighted by Gasteiger charge is -2.34. The van der Waals surface area contributed by atoms with Crippen molar-refractivity contribution in [1.82, 2.24) is 10.2 Å². The quantitative estimate of drug-likeness (QED) is 0.869. The monoisotopic (exact) mass is 298 g/mol. The van der Waals surface area contributed by atoms with Crippen LogP contribution >= 0.6 is 0 Å². The highest BCUT2D eigenvalue weighted by Crippen LogP contribution is 2.24. The molecule has 0 saturated carbocycles. The molecule has 1 N–H and O–H groups in total. The number of alkyl carbamates (subject to hydrolysis) is 1. The molecule has 0 aromatic carbocycles. The number of hydrogen-bond acceptors (Lipinski definition) is 4. The molecule has 2 fully saturated rings. The van der Waals surface area contributed by atoms with Crippen molar-refractivity contribution in [3.05, 3.63) is 0 Å². The minimum Gasteiger partial charge on any atom is -0.444 e. The molecule has 6 nitrogen and oxygen atoms in total. The molecular weight excluding hydrogens is 272 g/mol. The highest BCUT2D eigenvalue weighted by Gasteiger charge is 2.29. The van der Waals surface area contributed by atoms with Crippen molar-refractivity contribution >= 4 is 12.2 Å². The Hall–Kier alpha value is -1.46. The maximum absolute atomic E-state index is 12.1. The van der Waals surface area contributed by atoms with Gasteiger partial charge in [0.2, 0.25) is 0 Å². The van der Waals surface area contributed by atoms with Gasteiger partial charge in [-0.05, 0) is 52.4 Å². The standard InChI is InChI=1S/C15H26N2O4/c1-15(2,3)21-14(19)17-8-4-5-11(10-17)6-7-12-9-16-13(18)20-12/h11-12H,4-10H2,1-3H3,(H,16,18). The van der Waals surface area contributed by atoms with E-state index in [-0.39, 0.29) is 18.3 Å². The van der Waals surface area contributed by atoms with Crippen LogP contribution in [0.1, 0.15) is 46.5 Å². The van der Waals surface area contributed by atoms with Crippen LogP contribution in [0.2, 0.25) is 0 Å². The summed E-state index contributed by atoms with van der Waals surface area (Å²) in [6, 6.07) is 0. The van der Waals surface area contributed by atoms with Gasteiger partial charge in [-0.3, -0.25) is 0 Å². The predicted molar refractivity (Wildman–Crippen MR) is 78.0 cm³/mol. The molecule has 0 aromatic heterocycles. The van der Waals surface area contributed by atoms with Crippen LogP contribution < -0.4 is 5.32 Å². The first-order chi connectivity index (χ1) is 9.83. The summed E-state index contributed by atoms with van der Waals surface area (Å²) in [4.78, 5) is 24.9. The molecule has 0 radical (unpaired) electrons. The number of ether oxygens (including phenoxy) is 2. The minimum absolute atomic E-state index is 0.0191. The lowest BCUT2D eigenvalue weighted by molar-refractivity contribution is 0.0156. The van der Waals surface area contributed by atoms with E-state index in [0.29, 0.717) is 12.5 Å². The van der Waals surface area contributed by atoms with Crippen molar-refractivity contribution in [2.24, 2.45) is 5.92 Å². The fourth-order valence-electron chi connectivity index (χ4n) is 2.81. The van der Waals surface area contributed by atoms with Gasteiger partial charge in [0.1, 0.15) is 11.7 Å². The molecule has 0 aromatic rings. The number of rotatable bonds is 3. The van der Waals surface area contributed by atoms with Gasteiger partial charge in [-0.1, -0.05) is 0 Å². The molecule has 0 spiro atoms. The summed E-state index contributed by atoms with van der Waals surface area (Å²) in [5, 5.41) is 2.66. The summed E-state index contributed by atoms with van der Waals surface area (Å²) >= 11 is 0. The lowest BCUT2D eigenvalue weighted by Crippen LogP contribution is -2.43. The first-order valence-corrected chi connectivity index (χ1v) is 7.76. The van der Waals surface area contributed by atoms with Crippen molar-refractivity contribution in [3.63, 3.8) is 0 Å². The van der Waals surface area contributed by atoms with Crippen LogP contribution in [0.15, 0.2) is 0 Å². The third kappa shape index (κ3) is 5.10. The Morgan fingerprint density at radius 2 is 2.19 bits per heavy atom. The second kappa shape index (κ2) is 6.54. The third-order valence-electron chi connectivity index (χ3n) is 3.82. The summed E-state index contributed by atoms with van der Waals surface area (Å²) in [7, 11) is 0. The molecule has 2 aliphatic heterocycles. The lowest BCUT2D eigenvalue weighted by atomic mass is 9.92. The van der Waals surface area contributed by atoms with Gasteiger partial charge in [0.25, 0.3) is 0 Å². The molecule has 2 heterocycles. The first-order valence-electron chi connectivity index (χ1n) is 7.76. The molecule has 2 atom stereocenters. The van der Waals surface area contributed by atoms with E-state index in [0.717, 1.165) is 38.8 Å². The molecule has 120 valence electrons. The highest BCUT2D eigenvalue weighted by atomic mass is 16.6. The van der Waals surface area contributed by atoms with Crippen molar-refractivity contribution in [2.75, 3.05) is 19.6 Å². The summed E-state index contributed by atoms with van der Waals surface area (Å²) in [6.45, 7) is 7.76. The number of nitrogens with one attached hydrogen (secondary N) is 1. The van der Waals surface area contributed by atoms with Gasteiger partial charge in [0, 0.05) is 13.1 Å². The number of cyclic esters (lactones) is 1. The Morgan fingerprint density at radius 1 is 1.43 bits per heavy atom. The van der Waals surface area contributed by atoms with Gasteiger partial charge in [-0.15, -0.1) is 0 Å². The van der Waals surface area contributed by atoms with Gasteiger partial charge in [0.15, 0.2) is 0 Å². The summed E-state index contributed by atoms with van der Waals surface area (Å²) < 4.78 is 10.6. The summed E-state index contributed by atoms with van der Waals surface area (Å²) in [5.74, 6) is 0.463. The zero-order chi connectivity index (χ0) is 15.5. The molecule has 2 unspecified atom stereocenters. The first kappa shape index (κ1) is 15.9. The van der Waals surface area contributed by atoms with Crippen LogP contribution in [0.4, 0.5) is 9.59 Å². The molecule has 6 heteroatoms. The van der Waals surface area contributed by atoms with E-state index in [2.05, 4.69) is 5.32 Å². The van der Waals surface area contributed by atoms with Crippen LogP contribution in [0.25, 0.3) is 0 Å². The van der Waals surface area contributed by atoms with Gasteiger partial charge < -0.3 is 19.7 Å². The number of amides is 2. The van der Waals surface area contributed by atoms with Crippen LogP contribution in [-0.4, -0.2) is 48.4 Å². The average Bonchev–Trinajstić information content (AvgIpc) is 2.81. The van der Waals surface area contributed by atoms with E-state index in [9.17, 15) is 9.59 Å². The van der Waals surface area contributed by atoms with Gasteiger partial charge in [-0.2, -0.15) is 0 Å². The second-order valence-corrected chi connectivity index (χ2v) is 6.92. The van der Waals surface area contributed by atoms with E-state index < -0.39 is 5.60 Å². The normalized spacial score (nSPS) is 26.2. The average molecular weight is 298 g/mol. The maximum Gasteiger partial charge on any atom is 0.410 e.